The summed E-state index contributed by atoms with van der Waals surface area (Å²) in [4.78, 5) is 31.3. The van der Waals surface area contributed by atoms with Crippen molar-refractivity contribution in [2.24, 2.45) is 5.92 Å². The Bertz CT molecular complexity index is 2070. The molecule has 0 unspecified atom stereocenters. The van der Waals surface area contributed by atoms with Crippen LogP contribution in [0.15, 0.2) is 102 Å². The number of aromatic nitrogens is 3. The van der Waals surface area contributed by atoms with Gasteiger partial charge in [0.2, 0.25) is 0 Å². The third-order valence-corrected chi connectivity index (χ3v) is 10.2. The predicted octanol–water partition coefficient (Wildman–Crippen LogP) is 9.13. The topological polar surface area (TPSA) is 108 Å². The van der Waals surface area contributed by atoms with E-state index in [0.717, 1.165) is 59.4 Å². The molecule has 0 aliphatic carbocycles. The van der Waals surface area contributed by atoms with Gasteiger partial charge in [-0.15, -0.1) is 0 Å². The molecule has 0 amide bonds. The Morgan fingerprint density at radius 2 is 1.41 bits per heavy atom. The monoisotopic (exact) mass is 916 g/mol. The fraction of sp³-hybridized carbons (Fsp3) is 0.364. The van der Waals surface area contributed by atoms with E-state index in [1.54, 1.807) is 47.4 Å². The Morgan fingerprint density at radius 3 is 1.95 bits per heavy atom. The van der Waals surface area contributed by atoms with E-state index < -0.39 is 17.2 Å². The van der Waals surface area contributed by atoms with Gasteiger partial charge in [0.1, 0.15) is 35.6 Å². The number of anilines is 2. The minimum atomic E-state index is -1.01. The van der Waals surface area contributed by atoms with E-state index >= 15 is 0 Å². The summed E-state index contributed by atoms with van der Waals surface area (Å²) in [5, 5.41) is 4.18. The van der Waals surface area contributed by atoms with E-state index in [1.807, 2.05) is 25.1 Å². The summed E-state index contributed by atoms with van der Waals surface area (Å²) in [5.74, 6) is -1.13. The van der Waals surface area contributed by atoms with E-state index in [9.17, 15) is 18.4 Å². The fourth-order valence-electron chi connectivity index (χ4n) is 6.84. The fourth-order valence-corrected chi connectivity index (χ4v) is 7.10. The molecular formula is C44H54BrF2N5O6V. The van der Waals surface area contributed by atoms with Crippen molar-refractivity contribution >= 4 is 39.2 Å². The van der Waals surface area contributed by atoms with Crippen LogP contribution in [0.4, 0.5) is 20.2 Å². The van der Waals surface area contributed by atoms with Gasteiger partial charge in [0.25, 0.3) is 0 Å². The number of carbonyl (C=O) groups excluding carboxylic acids is 2. The van der Waals surface area contributed by atoms with Gasteiger partial charge in [0, 0.05) is 78.1 Å². The summed E-state index contributed by atoms with van der Waals surface area (Å²) < 4.78 is 53.0. The molecule has 0 spiro atoms. The van der Waals surface area contributed by atoms with E-state index in [4.69, 9.17) is 14.2 Å². The molecule has 2 atom stereocenters. The van der Waals surface area contributed by atoms with Crippen molar-refractivity contribution in [3.63, 3.8) is 0 Å². The molecule has 3 heterocycles. The SMILES string of the molecule is C.C.C.COC(=O)c1ccc(Br)cc1.COC(=O)c1ccc(N2CCN(c3ccc(OC[C@@H]4CO[C@@](Cn5cncn5)(c5ccc(F)cc5F)C4)c(C)c3)CC2)cc1.[V]. The van der Waals surface area contributed by atoms with Crippen molar-refractivity contribution in [2.45, 2.75) is 47.8 Å². The van der Waals surface area contributed by atoms with Gasteiger partial charge in [-0.25, -0.2) is 28.0 Å². The Kier molecular flexibility index (Phi) is 19.8. The standard InChI is InChI=1S/C33H35F2N5O4.C8H7BrO2.3CH4.V/c1-23-15-28(39-13-11-38(12-14-39)27-6-3-25(4-7-27)32(41)42-2)8-10-31(23)43-18-24-17-33(44-19-24,20-40-22-36-21-37-40)29-9-5-26(34)16-30(29)35;1-11-8(10)6-2-4-7(9)5-3-6;;;;/h3-10,15-16,21-22,24H,11-14,17-20H2,1-2H3;2-5H,1H3;3*1H4;/t24-,33+;;;;;/m1...../s1. The largest absolute Gasteiger partial charge is 0.493 e. The maximum absolute atomic E-state index is 14.9. The van der Waals surface area contributed by atoms with Gasteiger partial charge in [-0.2, -0.15) is 5.10 Å². The second-order valence-electron chi connectivity index (χ2n) is 13.4. The van der Waals surface area contributed by atoms with Crippen LogP contribution in [-0.2, 0) is 44.9 Å². The molecule has 317 valence electrons. The van der Waals surface area contributed by atoms with Gasteiger partial charge in [-0.3, -0.25) is 0 Å². The van der Waals surface area contributed by atoms with Crippen molar-refractivity contribution in [3.05, 3.63) is 136 Å². The second kappa shape index (κ2) is 23.1. The van der Waals surface area contributed by atoms with Crippen LogP contribution in [0.3, 0.4) is 0 Å². The van der Waals surface area contributed by atoms with Crippen LogP contribution in [0.2, 0.25) is 0 Å². The molecule has 2 aliphatic rings. The molecule has 7 rings (SSSR count). The van der Waals surface area contributed by atoms with E-state index in [0.29, 0.717) is 36.3 Å². The molecule has 2 fully saturated rings. The van der Waals surface area contributed by atoms with Crippen molar-refractivity contribution in [1.82, 2.24) is 14.8 Å². The zero-order valence-corrected chi connectivity index (χ0v) is 34.2. The third kappa shape index (κ3) is 12.6. The predicted molar refractivity (Wildman–Crippen MR) is 227 cm³/mol. The molecule has 11 nitrogen and oxygen atoms in total. The summed E-state index contributed by atoms with van der Waals surface area (Å²) in [6, 6.07) is 24.3. The molecule has 1 radical (unpaired) electrons. The van der Waals surface area contributed by atoms with E-state index in [1.165, 1.54) is 32.7 Å². The first kappa shape index (κ1) is 50.4. The van der Waals surface area contributed by atoms with Gasteiger partial charge in [0.15, 0.2) is 0 Å². The minimum absolute atomic E-state index is 0. The quantitative estimate of drug-likeness (QED) is 0.126. The number of carbonyl (C=O) groups is 2. The van der Waals surface area contributed by atoms with Gasteiger partial charge >= 0.3 is 11.9 Å². The van der Waals surface area contributed by atoms with Gasteiger partial charge in [0.05, 0.1) is 45.1 Å². The molecule has 59 heavy (non-hydrogen) atoms. The molecule has 1 aromatic heterocycles. The van der Waals surface area contributed by atoms with Crippen molar-refractivity contribution < 1.29 is 55.9 Å². The Morgan fingerprint density at radius 1 is 0.831 bits per heavy atom. The Balaban J connectivity index is 0.000000699. The summed E-state index contributed by atoms with van der Waals surface area (Å²) in [6.45, 7) is 6.52. The minimum Gasteiger partial charge on any atom is -0.493 e. The first-order chi connectivity index (χ1) is 26.6. The van der Waals surface area contributed by atoms with Crippen LogP contribution >= 0.6 is 15.9 Å². The smallest absolute Gasteiger partial charge is 0.337 e. The summed E-state index contributed by atoms with van der Waals surface area (Å²) in [7, 11) is 2.75. The van der Waals surface area contributed by atoms with Crippen LogP contribution < -0.4 is 14.5 Å². The zero-order valence-electron chi connectivity index (χ0n) is 31.2. The van der Waals surface area contributed by atoms with Crippen molar-refractivity contribution in [1.29, 1.82) is 0 Å². The number of piperazine rings is 1. The molecule has 15 heteroatoms. The third-order valence-electron chi connectivity index (χ3n) is 9.72. The molecule has 2 aliphatic heterocycles. The average Bonchev–Trinajstić information content (AvgIpc) is 3.88. The number of esters is 2. The van der Waals surface area contributed by atoms with Crippen LogP contribution in [0.25, 0.3) is 0 Å². The Labute approximate surface area is 367 Å². The van der Waals surface area contributed by atoms with Crippen LogP contribution in [0.1, 0.15) is 60.5 Å². The van der Waals surface area contributed by atoms with Crippen LogP contribution in [0, 0.1) is 24.5 Å². The number of nitrogens with zero attached hydrogens (tertiary/aromatic N) is 5. The van der Waals surface area contributed by atoms with Gasteiger partial charge in [-0.1, -0.05) is 44.3 Å². The van der Waals surface area contributed by atoms with Crippen LogP contribution in [-0.4, -0.2) is 80.3 Å². The normalized spacial score (nSPS) is 16.7. The first-order valence-electron chi connectivity index (χ1n) is 17.7. The number of hydrogen-bond acceptors (Lipinski definition) is 10. The molecule has 0 saturated carbocycles. The molecular weight excluding hydrogens is 863 g/mol. The van der Waals surface area contributed by atoms with E-state index in [-0.39, 0.29) is 65.2 Å². The second-order valence-corrected chi connectivity index (χ2v) is 14.3. The summed E-state index contributed by atoms with van der Waals surface area (Å²) in [6.07, 6.45) is 3.47. The van der Waals surface area contributed by atoms with Crippen molar-refractivity contribution in [3.8, 4) is 5.75 Å². The number of halogens is 3. The number of ether oxygens (including phenoxy) is 4. The summed E-state index contributed by atoms with van der Waals surface area (Å²) >= 11 is 3.26. The maximum Gasteiger partial charge on any atom is 0.337 e. The number of benzene rings is 4. The number of aryl methyl sites for hydroxylation is 1. The summed E-state index contributed by atoms with van der Waals surface area (Å²) in [5.41, 5.74) is 3.65. The number of rotatable bonds is 10. The average molecular weight is 918 g/mol. The van der Waals surface area contributed by atoms with E-state index in [2.05, 4.69) is 52.7 Å². The van der Waals surface area contributed by atoms with Gasteiger partial charge in [-0.05, 0) is 91.7 Å². The first-order valence-corrected chi connectivity index (χ1v) is 18.5. The molecule has 5 aromatic rings. The van der Waals surface area contributed by atoms with Crippen molar-refractivity contribution in [2.75, 3.05) is 63.4 Å². The number of hydrogen-bond donors (Lipinski definition) is 0. The molecule has 4 aromatic carbocycles. The molecule has 2 saturated heterocycles. The van der Waals surface area contributed by atoms with Crippen LogP contribution in [0.5, 0.6) is 5.75 Å². The molecule has 0 bridgehead atoms. The number of methoxy groups -OCH3 is 2. The molecule has 0 N–H and O–H groups in total. The Hall–Kier alpha value is -4.76. The maximum atomic E-state index is 14.9. The van der Waals surface area contributed by atoms with Gasteiger partial charge < -0.3 is 28.7 Å². The zero-order chi connectivity index (χ0) is 39.0.